The van der Waals surface area contributed by atoms with Crippen molar-refractivity contribution < 1.29 is 9.90 Å². The second-order valence-corrected chi connectivity index (χ2v) is 3.49. The molecule has 0 amide bonds. The highest BCUT2D eigenvalue weighted by atomic mass is 16.4. The zero-order valence-corrected chi connectivity index (χ0v) is 7.99. The summed E-state index contributed by atoms with van der Waals surface area (Å²) in [5.41, 5.74) is 0.282. The molecule has 0 atom stereocenters. The van der Waals surface area contributed by atoms with Crippen molar-refractivity contribution in [1.29, 1.82) is 0 Å². The first-order valence-corrected chi connectivity index (χ1v) is 4.41. The van der Waals surface area contributed by atoms with Gasteiger partial charge in [-0.3, -0.25) is 4.90 Å². The van der Waals surface area contributed by atoms with Crippen LogP contribution in [-0.4, -0.2) is 60.6 Å². The van der Waals surface area contributed by atoms with Gasteiger partial charge in [0.25, 0.3) is 0 Å². The van der Waals surface area contributed by atoms with E-state index in [-0.39, 0.29) is 5.57 Å². The van der Waals surface area contributed by atoms with Crippen molar-refractivity contribution in [3.63, 3.8) is 0 Å². The van der Waals surface area contributed by atoms with E-state index in [1.807, 2.05) is 0 Å². The molecule has 1 heterocycles. The third-order valence-electron chi connectivity index (χ3n) is 2.31. The maximum atomic E-state index is 10.5. The van der Waals surface area contributed by atoms with E-state index in [0.717, 1.165) is 26.2 Å². The van der Waals surface area contributed by atoms with E-state index in [0.29, 0.717) is 6.54 Å². The summed E-state index contributed by atoms with van der Waals surface area (Å²) < 4.78 is 0. The first-order chi connectivity index (χ1) is 6.09. The molecule has 0 radical (unpaired) electrons. The van der Waals surface area contributed by atoms with Gasteiger partial charge in [-0.2, -0.15) is 0 Å². The largest absolute Gasteiger partial charge is 0.478 e. The fourth-order valence-electron chi connectivity index (χ4n) is 1.34. The molecule has 1 saturated heterocycles. The minimum atomic E-state index is -0.890. The first kappa shape index (κ1) is 10.2. The summed E-state index contributed by atoms with van der Waals surface area (Å²) in [5, 5.41) is 8.63. The molecule has 0 aromatic carbocycles. The van der Waals surface area contributed by atoms with Gasteiger partial charge < -0.3 is 10.0 Å². The Morgan fingerprint density at radius 2 is 1.92 bits per heavy atom. The van der Waals surface area contributed by atoms with Crippen molar-refractivity contribution in [2.45, 2.75) is 0 Å². The van der Waals surface area contributed by atoms with Crippen LogP contribution in [0.2, 0.25) is 0 Å². The lowest BCUT2D eigenvalue weighted by molar-refractivity contribution is -0.132. The Morgan fingerprint density at radius 3 is 2.38 bits per heavy atom. The van der Waals surface area contributed by atoms with E-state index < -0.39 is 5.97 Å². The van der Waals surface area contributed by atoms with Crippen LogP contribution in [0.1, 0.15) is 0 Å². The molecule has 0 saturated carbocycles. The van der Waals surface area contributed by atoms with Crippen LogP contribution in [0.5, 0.6) is 0 Å². The highest BCUT2D eigenvalue weighted by Crippen LogP contribution is 2.02. The molecule has 0 aliphatic carbocycles. The van der Waals surface area contributed by atoms with Gasteiger partial charge in [-0.1, -0.05) is 6.58 Å². The summed E-state index contributed by atoms with van der Waals surface area (Å²) in [6.07, 6.45) is 0. The standard InChI is InChI=1S/C9H16N2O2/c1-8(9(12)13)7-11-5-3-10(2)4-6-11/h1,3-7H2,2H3,(H,12,13). The highest BCUT2D eigenvalue weighted by Gasteiger charge is 2.16. The van der Waals surface area contributed by atoms with Gasteiger partial charge in [0, 0.05) is 38.3 Å². The fraction of sp³-hybridized carbons (Fsp3) is 0.667. The summed E-state index contributed by atoms with van der Waals surface area (Å²) in [6, 6.07) is 0. The molecule has 1 N–H and O–H groups in total. The van der Waals surface area contributed by atoms with Gasteiger partial charge in [-0.25, -0.2) is 4.79 Å². The van der Waals surface area contributed by atoms with Crippen LogP contribution in [0.3, 0.4) is 0 Å². The maximum Gasteiger partial charge on any atom is 0.332 e. The SMILES string of the molecule is C=C(CN1CCN(C)CC1)C(=O)O. The molecule has 13 heavy (non-hydrogen) atoms. The fourth-order valence-corrected chi connectivity index (χ4v) is 1.34. The minimum Gasteiger partial charge on any atom is -0.478 e. The molecule has 1 aliphatic heterocycles. The molecule has 0 spiro atoms. The van der Waals surface area contributed by atoms with Crippen LogP contribution in [0.4, 0.5) is 0 Å². The Bertz CT molecular complexity index is 208. The molecule has 1 rings (SSSR count). The molecule has 1 aliphatic rings. The van der Waals surface area contributed by atoms with Gasteiger partial charge in [0.1, 0.15) is 0 Å². The van der Waals surface area contributed by atoms with Crippen molar-refractivity contribution in [2.75, 3.05) is 39.8 Å². The number of carbonyl (C=O) groups is 1. The van der Waals surface area contributed by atoms with Crippen molar-refractivity contribution >= 4 is 5.97 Å². The van der Waals surface area contributed by atoms with E-state index in [1.165, 1.54) is 0 Å². The van der Waals surface area contributed by atoms with E-state index in [9.17, 15) is 4.79 Å². The number of nitrogens with zero attached hydrogens (tertiary/aromatic N) is 2. The van der Waals surface area contributed by atoms with Crippen LogP contribution in [0.25, 0.3) is 0 Å². The summed E-state index contributed by atoms with van der Waals surface area (Å²) in [4.78, 5) is 14.9. The van der Waals surface area contributed by atoms with Gasteiger partial charge in [0.2, 0.25) is 0 Å². The van der Waals surface area contributed by atoms with Gasteiger partial charge >= 0.3 is 5.97 Å². The second kappa shape index (κ2) is 4.39. The number of aliphatic carboxylic acids is 1. The smallest absolute Gasteiger partial charge is 0.332 e. The van der Waals surface area contributed by atoms with Gasteiger partial charge in [0.15, 0.2) is 0 Å². The van der Waals surface area contributed by atoms with E-state index in [1.54, 1.807) is 0 Å². The van der Waals surface area contributed by atoms with Crippen molar-refractivity contribution in [3.8, 4) is 0 Å². The molecular weight excluding hydrogens is 168 g/mol. The molecule has 0 aromatic rings. The summed E-state index contributed by atoms with van der Waals surface area (Å²) >= 11 is 0. The lowest BCUT2D eigenvalue weighted by Crippen LogP contribution is -2.45. The van der Waals surface area contributed by atoms with Crippen LogP contribution >= 0.6 is 0 Å². The Kier molecular flexibility index (Phi) is 3.45. The normalized spacial score (nSPS) is 20.1. The first-order valence-electron chi connectivity index (χ1n) is 4.41. The molecule has 4 nitrogen and oxygen atoms in total. The highest BCUT2D eigenvalue weighted by molar-refractivity contribution is 5.86. The van der Waals surface area contributed by atoms with E-state index in [2.05, 4.69) is 23.4 Å². The third-order valence-corrected chi connectivity index (χ3v) is 2.31. The van der Waals surface area contributed by atoms with Gasteiger partial charge in [0.05, 0.1) is 0 Å². The molecule has 0 bridgehead atoms. The van der Waals surface area contributed by atoms with Crippen LogP contribution in [0.15, 0.2) is 12.2 Å². The summed E-state index contributed by atoms with van der Waals surface area (Å²) in [6.45, 7) is 7.88. The number of piperazine rings is 1. The lowest BCUT2D eigenvalue weighted by atomic mass is 10.2. The minimum absolute atomic E-state index is 0.282. The Morgan fingerprint density at radius 1 is 1.38 bits per heavy atom. The topological polar surface area (TPSA) is 43.8 Å². The molecule has 4 heteroatoms. The second-order valence-electron chi connectivity index (χ2n) is 3.49. The Hall–Kier alpha value is -0.870. The van der Waals surface area contributed by atoms with Crippen molar-refractivity contribution in [1.82, 2.24) is 9.80 Å². The average molecular weight is 184 g/mol. The van der Waals surface area contributed by atoms with Crippen molar-refractivity contribution in [2.24, 2.45) is 0 Å². The maximum absolute atomic E-state index is 10.5. The van der Waals surface area contributed by atoms with Gasteiger partial charge in [-0.05, 0) is 7.05 Å². The monoisotopic (exact) mass is 184 g/mol. The predicted octanol–water partition coefficient (Wildman–Crippen LogP) is -0.125. The van der Waals surface area contributed by atoms with E-state index in [4.69, 9.17) is 5.11 Å². The lowest BCUT2D eigenvalue weighted by Gasteiger charge is -2.32. The van der Waals surface area contributed by atoms with E-state index >= 15 is 0 Å². The Balaban J connectivity index is 2.30. The number of hydrogen-bond donors (Lipinski definition) is 1. The van der Waals surface area contributed by atoms with Crippen LogP contribution in [0, 0.1) is 0 Å². The molecule has 0 aromatic heterocycles. The average Bonchev–Trinajstić information content (AvgIpc) is 2.08. The molecule has 74 valence electrons. The zero-order valence-electron chi connectivity index (χ0n) is 7.99. The number of likely N-dealkylation sites (N-methyl/N-ethyl adjacent to an activating group) is 1. The van der Waals surface area contributed by atoms with Crippen LogP contribution in [-0.2, 0) is 4.79 Å². The molecular formula is C9H16N2O2. The summed E-state index contributed by atoms with van der Waals surface area (Å²) in [5.74, 6) is -0.890. The molecule has 0 unspecified atom stereocenters. The summed E-state index contributed by atoms with van der Waals surface area (Å²) in [7, 11) is 2.07. The number of hydrogen-bond acceptors (Lipinski definition) is 3. The zero-order chi connectivity index (χ0) is 9.84. The van der Waals surface area contributed by atoms with Gasteiger partial charge in [-0.15, -0.1) is 0 Å². The quantitative estimate of drug-likeness (QED) is 0.621. The third kappa shape index (κ3) is 3.16. The number of carboxylic acids is 1. The molecule has 1 fully saturated rings. The Labute approximate surface area is 78.4 Å². The number of rotatable bonds is 3. The predicted molar refractivity (Wildman–Crippen MR) is 50.7 cm³/mol. The van der Waals surface area contributed by atoms with Crippen molar-refractivity contribution in [3.05, 3.63) is 12.2 Å². The van der Waals surface area contributed by atoms with Crippen LogP contribution < -0.4 is 0 Å². The number of carboxylic acid groups (broad SMARTS) is 1.